The van der Waals surface area contributed by atoms with Crippen LogP contribution in [-0.4, -0.2) is 72.1 Å². The lowest BCUT2D eigenvalue weighted by atomic mass is 9.78. The van der Waals surface area contributed by atoms with Gasteiger partial charge in [-0.25, -0.2) is 0 Å². The van der Waals surface area contributed by atoms with Crippen LogP contribution in [0, 0.1) is 23.7 Å². The molecule has 4 fully saturated rings. The summed E-state index contributed by atoms with van der Waals surface area (Å²) < 4.78 is 6.24. The molecule has 3 saturated carbocycles. The van der Waals surface area contributed by atoms with Crippen molar-refractivity contribution in [2.45, 2.75) is 88.6 Å². The summed E-state index contributed by atoms with van der Waals surface area (Å²) in [6.07, 6.45) is 8.78. The SMILES string of the molecule is CNC1CCCC2CN(C(=O)C3C(O)CC(O)CC3OCC3CCCCC3)CC21. The molecule has 0 aromatic carbocycles. The zero-order chi connectivity index (χ0) is 20.4. The van der Waals surface area contributed by atoms with E-state index in [1.807, 2.05) is 11.9 Å². The average Bonchev–Trinajstić information content (AvgIpc) is 3.16. The zero-order valence-corrected chi connectivity index (χ0v) is 18.0. The Balaban J connectivity index is 1.41. The first-order chi connectivity index (χ1) is 14.1. The molecule has 3 N–H and O–H groups in total. The summed E-state index contributed by atoms with van der Waals surface area (Å²) in [6.45, 7) is 2.25. The molecule has 1 amide bonds. The van der Waals surface area contributed by atoms with E-state index >= 15 is 0 Å². The number of nitrogens with zero attached hydrogens (tertiary/aromatic N) is 1. The predicted molar refractivity (Wildman–Crippen MR) is 111 cm³/mol. The van der Waals surface area contributed by atoms with E-state index in [4.69, 9.17) is 4.74 Å². The van der Waals surface area contributed by atoms with Crippen LogP contribution in [0.5, 0.6) is 0 Å². The van der Waals surface area contributed by atoms with E-state index in [0.29, 0.717) is 36.8 Å². The first-order valence-electron chi connectivity index (χ1n) is 12.0. The molecule has 7 unspecified atom stereocenters. The number of hydrogen-bond donors (Lipinski definition) is 3. The number of rotatable bonds is 5. The van der Waals surface area contributed by atoms with Gasteiger partial charge in [0.1, 0.15) is 0 Å². The maximum Gasteiger partial charge on any atom is 0.230 e. The van der Waals surface area contributed by atoms with Crippen LogP contribution in [0.25, 0.3) is 0 Å². The molecule has 1 saturated heterocycles. The lowest BCUT2D eigenvalue weighted by molar-refractivity contribution is -0.158. The smallest absolute Gasteiger partial charge is 0.230 e. The van der Waals surface area contributed by atoms with Crippen molar-refractivity contribution in [3.63, 3.8) is 0 Å². The van der Waals surface area contributed by atoms with Gasteiger partial charge in [-0.3, -0.25) is 4.79 Å². The number of ether oxygens (including phenoxy) is 1. The lowest BCUT2D eigenvalue weighted by Gasteiger charge is -2.39. The molecule has 7 atom stereocenters. The molecule has 0 aromatic heterocycles. The summed E-state index contributed by atoms with van der Waals surface area (Å²) in [5.41, 5.74) is 0. The second-order valence-electron chi connectivity index (χ2n) is 10.1. The molecule has 3 aliphatic carbocycles. The van der Waals surface area contributed by atoms with Gasteiger partial charge in [0.05, 0.1) is 24.2 Å². The fourth-order valence-corrected chi connectivity index (χ4v) is 6.51. The van der Waals surface area contributed by atoms with Gasteiger partial charge in [-0.2, -0.15) is 0 Å². The van der Waals surface area contributed by atoms with Crippen molar-refractivity contribution in [2.75, 3.05) is 26.7 Å². The highest BCUT2D eigenvalue weighted by Gasteiger charge is 2.47. The average molecular weight is 409 g/mol. The van der Waals surface area contributed by atoms with Gasteiger partial charge in [0.15, 0.2) is 0 Å². The van der Waals surface area contributed by atoms with Crippen molar-refractivity contribution in [3.8, 4) is 0 Å². The van der Waals surface area contributed by atoms with Gasteiger partial charge >= 0.3 is 0 Å². The maximum absolute atomic E-state index is 13.5. The van der Waals surface area contributed by atoms with E-state index in [9.17, 15) is 15.0 Å². The van der Waals surface area contributed by atoms with Crippen LogP contribution in [0.4, 0.5) is 0 Å². The van der Waals surface area contributed by atoms with E-state index < -0.39 is 18.1 Å². The highest BCUT2D eigenvalue weighted by Crippen LogP contribution is 2.39. The highest BCUT2D eigenvalue weighted by molar-refractivity contribution is 5.80. The van der Waals surface area contributed by atoms with Gasteiger partial charge in [-0.15, -0.1) is 0 Å². The number of hydrogen-bond acceptors (Lipinski definition) is 5. The standard InChI is InChI=1S/C23H40N2O4/c1-24-19-9-5-8-16-12-25(13-18(16)19)23(28)22-20(27)10-17(26)11-21(22)29-14-15-6-3-2-4-7-15/h15-22,24,26-27H,2-14H2,1H3. The van der Waals surface area contributed by atoms with Gasteiger partial charge < -0.3 is 25.2 Å². The van der Waals surface area contributed by atoms with E-state index in [1.54, 1.807) is 0 Å². The molecule has 4 rings (SSSR count). The molecule has 0 aromatic rings. The maximum atomic E-state index is 13.5. The number of aliphatic hydroxyl groups is 2. The Morgan fingerprint density at radius 2 is 1.83 bits per heavy atom. The molecule has 6 heteroatoms. The number of amides is 1. The Bertz CT molecular complexity index is 553. The first-order valence-corrected chi connectivity index (χ1v) is 12.0. The number of carbonyl (C=O) groups is 1. The molecule has 0 spiro atoms. The van der Waals surface area contributed by atoms with Crippen molar-refractivity contribution in [2.24, 2.45) is 23.7 Å². The Morgan fingerprint density at radius 3 is 2.59 bits per heavy atom. The van der Waals surface area contributed by atoms with Crippen LogP contribution in [0.1, 0.15) is 64.2 Å². The third-order valence-electron chi connectivity index (χ3n) is 8.17. The highest BCUT2D eigenvalue weighted by atomic mass is 16.5. The molecule has 0 radical (unpaired) electrons. The van der Waals surface area contributed by atoms with E-state index in [-0.39, 0.29) is 18.4 Å². The first kappa shape index (κ1) is 21.5. The topological polar surface area (TPSA) is 82.0 Å². The number of likely N-dealkylation sites (tertiary alicyclic amines) is 1. The van der Waals surface area contributed by atoms with Crippen LogP contribution in [0.3, 0.4) is 0 Å². The van der Waals surface area contributed by atoms with Crippen LogP contribution < -0.4 is 5.32 Å². The number of nitrogens with one attached hydrogen (secondary N) is 1. The summed E-state index contributed by atoms with van der Waals surface area (Å²) in [4.78, 5) is 15.5. The molecular weight excluding hydrogens is 368 g/mol. The summed E-state index contributed by atoms with van der Waals surface area (Å²) in [6, 6.07) is 0.489. The van der Waals surface area contributed by atoms with Crippen LogP contribution >= 0.6 is 0 Å². The third-order valence-corrected chi connectivity index (χ3v) is 8.17. The molecule has 6 nitrogen and oxygen atoms in total. The van der Waals surface area contributed by atoms with Crippen LogP contribution in [0.15, 0.2) is 0 Å². The molecule has 1 heterocycles. The van der Waals surface area contributed by atoms with Crippen molar-refractivity contribution < 1.29 is 19.7 Å². The van der Waals surface area contributed by atoms with E-state index in [0.717, 1.165) is 13.1 Å². The zero-order valence-electron chi connectivity index (χ0n) is 18.0. The molecule has 4 aliphatic rings. The third kappa shape index (κ3) is 4.81. The monoisotopic (exact) mass is 408 g/mol. The van der Waals surface area contributed by atoms with Crippen LogP contribution in [0.2, 0.25) is 0 Å². The summed E-state index contributed by atoms with van der Waals surface area (Å²) in [5.74, 6) is 1.16. The Kier molecular flexibility index (Phi) is 7.15. The minimum Gasteiger partial charge on any atom is -0.393 e. The number of carbonyl (C=O) groups excluding carboxylic acids is 1. The van der Waals surface area contributed by atoms with E-state index in [1.165, 1.54) is 51.4 Å². The number of aliphatic hydroxyl groups excluding tert-OH is 2. The summed E-state index contributed by atoms with van der Waals surface area (Å²) in [5, 5.41) is 24.4. The van der Waals surface area contributed by atoms with Gasteiger partial charge in [-0.1, -0.05) is 25.7 Å². The van der Waals surface area contributed by atoms with Crippen molar-refractivity contribution in [1.29, 1.82) is 0 Å². The Morgan fingerprint density at radius 1 is 1.03 bits per heavy atom. The van der Waals surface area contributed by atoms with Crippen molar-refractivity contribution in [1.82, 2.24) is 10.2 Å². The van der Waals surface area contributed by atoms with Gasteiger partial charge in [-0.05, 0) is 50.5 Å². The summed E-state index contributed by atoms with van der Waals surface area (Å²) in [7, 11) is 2.03. The minimum absolute atomic E-state index is 0.0438. The second kappa shape index (κ2) is 9.63. The van der Waals surface area contributed by atoms with Gasteiger partial charge in [0.25, 0.3) is 0 Å². The minimum atomic E-state index is -0.815. The number of fused-ring (bicyclic) bond motifs is 1. The van der Waals surface area contributed by atoms with Gasteiger partial charge in [0, 0.05) is 38.6 Å². The molecule has 166 valence electrons. The second-order valence-corrected chi connectivity index (χ2v) is 10.1. The predicted octanol–water partition coefficient (Wildman–Crippen LogP) is 1.93. The summed E-state index contributed by atoms with van der Waals surface area (Å²) >= 11 is 0. The Hall–Kier alpha value is -0.690. The fourth-order valence-electron chi connectivity index (χ4n) is 6.51. The van der Waals surface area contributed by atoms with Gasteiger partial charge in [0.2, 0.25) is 5.91 Å². The normalized spacial score (nSPS) is 41.3. The van der Waals surface area contributed by atoms with E-state index in [2.05, 4.69) is 5.32 Å². The molecule has 0 bridgehead atoms. The molecule has 1 aliphatic heterocycles. The largest absolute Gasteiger partial charge is 0.393 e. The quantitative estimate of drug-likeness (QED) is 0.648. The van der Waals surface area contributed by atoms with Crippen LogP contribution in [-0.2, 0) is 9.53 Å². The molecular formula is C23H40N2O4. The Labute approximate surface area is 175 Å². The van der Waals surface area contributed by atoms with Crippen molar-refractivity contribution in [3.05, 3.63) is 0 Å². The fraction of sp³-hybridized carbons (Fsp3) is 0.957. The van der Waals surface area contributed by atoms with Crippen molar-refractivity contribution >= 4 is 5.91 Å². The molecule has 29 heavy (non-hydrogen) atoms. The lowest BCUT2D eigenvalue weighted by Crippen LogP contribution is -2.52.